The summed E-state index contributed by atoms with van der Waals surface area (Å²) >= 11 is 1.69. The highest BCUT2D eigenvalue weighted by Crippen LogP contribution is 2.18. The molecule has 86 valence electrons. The van der Waals surface area contributed by atoms with Gasteiger partial charge in [-0.1, -0.05) is 0 Å². The fourth-order valence-corrected chi connectivity index (χ4v) is 2.55. The standard InChI is InChI=1S/C12H13FO2S/c1-8-4-9(6-10(13)5-8)12(14)11-7-16-3-2-15-11/h4-6,11H,2-3,7H2,1H3. The Hall–Kier alpha value is -0.870. The Morgan fingerprint density at radius 3 is 2.94 bits per heavy atom. The Balaban J connectivity index is 2.19. The van der Waals surface area contributed by atoms with Crippen LogP contribution < -0.4 is 0 Å². The molecule has 0 bridgehead atoms. The lowest BCUT2D eigenvalue weighted by Gasteiger charge is -2.21. The number of aryl methyl sites for hydroxylation is 1. The van der Waals surface area contributed by atoms with E-state index >= 15 is 0 Å². The SMILES string of the molecule is Cc1cc(F)cc(C(=O)C2CSCCO2)c1. The van der Waals surface area contributed by atoms with E-state index < -0.39 is 6.10 Å². The lowest BCUT2D eigenvalue weighted by molar-refractivity contribution is 0.0518. The van der Waals surface area contributed by atoms with E-state index in [1.165, 1.54) is 12.1 Å². The molecule has 0 amide bonds. The van der Waals surface area contributed by atoms with Crippen molar-refractivity contribution in [1.82, 2.24) is 0 Å². The van der Waals surface area contributed by atoms with Crippen molar-refractivity contribution in [3.05, 3.63) is 35.1 Å². The highest BCUT2D eigenvalue weighted by molar-refractivity contribution is 7.99. The molecule has 1 atom stereocenters. The zero-order chi connectivity index (χ0) is 11.5. The normalized spacial score (nSPS) is 20.8. The first-order chi connectivity index (χ1) is 7.66. The van der Waals surface area contributed by atoms with Gasteiger partial charge in [-0.3, -0.25) is 4.79 Å². The minimum absolute atomic E-state index is 0.116. The van der Waals surface area contributed by atoms with E-state index in [9.17, 15) is 9.18 Å². The van der Waals surface area contributed by atoms with Gasteiger partial charge in [0.25, 0.3) is 0 Å². The predicted octanol–water partition coefficient (Wildman–Crippen LogP) is 2.45. The van der Waals surface area contributed by atoms with Crippen molar-refractivity contribution in [2.24, 2.45) is 0 Å². The number of hydrogen-bond acceptors (Lipinski definition) is 3. The van der Waals surface area contributed by atoms with E-state index in [4.69, 9.17) is 4.74 Å². The Morgan fingerprint density at radius 2 is 2.31 bits per heavy atom. The molecule has 4 heteroatoms. The summed E-state index contributed by atoms with van der Waals surface area (Å²) in [4.78, 5) is 12.0. The highest BCUT2D eigenvalue weighted by Gasteiger charge is 2.23. The molecule has 1 aliphatic rings. The number of ketones is 1. The van der Waals surface area contributed by atoms with Crippen LogP contribution in [0.2, 0.25) is 0 Å². The highest BCUT2D eigenvalue weighted by atomic mass is 32.2. The van der Waals surface area contributed by atoms with Crippen molar-refractivity contribution in [1.29, 1.82) is 0 Å². The summed E-state index contributed by atoms with van der Waals surface area (Å²) in [5.74, 6) is 1.10. The van der Waals surface area contributed by atoms with Crippen LogP contribution in [0.1, 0.15) is 15.9 Å². The molecule has 0 aromatic heterocycles. The van der Waals surface area contributed by atoms with E-state index in [1.807, 2.05) is 0 Å². The maximum Gasteiger partial charge on any atom is 0.192 e. The fraction of sp³-hybridized carbons (Fsp3) is 0.417. The molecule has 1 unspecified atom stereocenters. The van der Waals surface area contributed by atoms with Crippen LogP contribution in [0.3, 0.4) is 0 Å². The minimum Gasteiger partial charge on any atom is -0.368 e. The van der Waals surface area contributed by atoms with Gasteiger partial charge in [-0.15, -0.1) is 0 Å². The molecule has 1 aromatic carbocycles. The molecule has 1 aliphatic heterocycles. The number of carbonyl (C=O) groups excluding carboxylic acids is 1. The molecule has 0 radical (unpaired) electrons. The molecule has 1 saturated heterocycles. The summed E-state index contributed by atoms with van der Waals surface area (Å²) in [6.45, 7) is 2.37. The van der Waals surface area contributed by atoms with E-state index in [0.717, 1.165) is 11.3 Å². The second-order valence-corrected chi connectivity index (χ2v) is 4.97. The molecule has 1 fully saturated rings. The topological polar surface area (TPSA) is 26.3 Å². The number of benzene rings is 1. The first-order valence-electron chi connectivity index (χ1n) is 5.17. The molecular formula is C12H13FO2S. The fourth-order valence-electron chi connectivity index (χ4n) is 1.70. The van der Waals surface area contributed by atoms with E-state index in [1.54, 1.807) is 24.8 Å². The predicted molar refractivity (Wildman–Crippen MR) is 62.5 cm³/mol. The van der Waals surface area contributed by atoms with Crippen LogP contribution in [-0.2, 0) is 4.74 Å². The van der Waals surface area contributed by atoms with Crippen LogP contribution in [0, 0.1) is 12.7 Å². The average molecular weight is 240 g/mol. The third-order valence-electron chi connectivity index (χ3n) is 2.44. The monoisotopic (exact) mass is 240 g/mol. The van der Waals surface area contributed by atoms with Crippen LogP contribution in [0.15, 0.2) is 18.2 Å². The average Bonchev–Trinajstić information content (AvgIpc) is 2.28. The summed E-state index contributed by atoms with van der Waals surface area (Å²) < 4.78 is 18.5. The second kappa shape index (κ2) is 4.97. The lowest BCUT2D eigenvalue weighted by Crippen LogP contribution is -2.31. The maximum absolute atomic E-state index is 13.2. The van der Waals surface area contributed by atoms with E-state index in [-0.39, 0.29) is 11.6 Å². The van der Waals surface area contributed by atoms with Gasteiger partial charge in [0.2, 0.25) is 0 Å². The molecule has 2 rings (SSSR count). The number of thioether (sulfide) groups is 1. The molecule has 0 N–H and O–H groups in total. The number of carbonyl (C=O) groups is 1. The zero-order valence-electron chi connectivity index (χ0n) is 9.03. The molecule has 1 heterocycles. The van der Waals surface area contributed by atoms with Gasteiger partial charge < -0.3 is 4.74 Å². The molecule has 2 nitrogen and oxygen atoms in total. The first kappa shape index (κ1) is 11.6. The molecule has 16 heavy (non-hydrogen) atoms. The Morgan fingerprint density at radius 1 is 1.50 bits per heavy atom. The molecular weight excluding hydrogens is 227 g/mol. The first-order valence-corrected chi connectivity index (χ1v) is 6.33. The Bertz CT molecular complexity index is 380. The summed E-state index contributed by atoms with van der Waals surface area (Å²) in [7, 11) is 0. The minimum atomic E-state index is -0.417. The Kier molecular flexibility index (Phi) is 3.61. The van der Waals surface area contributed by atoms with Crippen molar-refractivity contribution >= 4 is 17.5 Å². The van der Waals surface area contributed by atoms with Crippen molar-refractivity contribution in [2.45, 2.75) is 13.0 Å². The van der Waals surface area contributed by atoms with Gasteiger partial charge in [-0.2, -0.15) is 11.8 Å². The van der Waals surface area contributed by atoms with Gasteiger partial charge in [0.15, 0.2) is 5.78 Å². The van der Waals surface area contributed by atoms with Crippen LogP contribution in [0.25, 0.3) is 0 Å². The molecule has 0 spiro atoms. The van der Waals surface area contributed by atoms with Gasteiger partial charge in [-0.05, 0) is 30.7 Å². The summed E-state index contributed by atoms with van der Waals surface area (Å²) in [5, 5.41) is 0. The molecule has 1 aromatic rings. The van der Waals surface area contributed by atoms with Crippen molar-refractivity contribution in [2.75, 3.05) is 18.1 Å². The summed E-state index contributed by atoms with van der Waals surface area (Å²) in [5.41, 5.74) is 1.16. The summed E-state index contributed by atoms with van der Waals surface area (Å²) in [6, 6.07) is 4.39. The molecule has 0 aliphatic carbocycles. The number of halogens is 1. The van der Waals surface area contributed by atoms with Crippen LogP contribution in [0.4, 0.5) is 4.39 Å². The molecule has 0 saturated carbocycles. The summed E-state index contributed by atoms with van der Waals surface area (Å²) in [6.07, 6.45) is -0.417. The van der Waals surface area contributed by atoms with Gasteiger partial charge >= 0.3 is 0 Å². The van der Waals surface area contributed by atoms with Crippen molar-refractivity contribution < 1.29 is 13.9 Å². The second-order valence-electron chi connectivity index (χ2n) is 3.82. The van der Waals surface area contributed by atoms with Gasteiger partial charge in [-0.25, -0.2) is 4.39 Å². The van der Waals surface area contributed by atoms with E-state index in [2.05, 4.69) is 0 Å². The van der Waals surface area contributed by atoms with Crippen LogP contribution in [0.5, 0.6) is 0 Å². The largest absolute Gasteiger partial charge is 0.368 e. The third-order valence-corrected chi connectivity index (χ3v) is 3.43. The lowest BCUT2D eigenvalue weighted by atomic mass is 10.0. The quantitative estimate of drug-likeness (QED) is 0.743. The number of Topliss-reactive ketones (excluding diaryl/α,β-unsaturated/α-hetero) is 1. The maximum atomic E-state index is 13.2. The van der Waals surface area contributed by atoms with Crippen molar-refractivity contribution in [3.63, 3.8) is 0 Å². The van der Waals surface area contributed by atoms with E-state index in [0.29, 0.717) is 17.9 Å². The Labute approximate surface area is 98.2 Å². The van der Waals surface area contributed by atoms with Crippen LogP contribution in [-0.4, -0.2) is 30.0 Å². The number of rotatable bonds is 2. The van der Waals surface area contributed by atoms with Crippen molar-refractivity contribution in [3.8, 4) is 0 Å². The number of ether oxygens (including phenoxy) is 1. The number of hydrogen-bond donors (Lipinski definition) is 0. The van der Waals surface area contributed by atoms with Gasteiger partial charge in [0, 0.05) is 17.1 Å². The van der Waals surface area contributed by atoms with Gasteiger partial charge in [0.05, 0.1) is 6.61 Å². The zero-order valence-corrected chi connectivity index (χ0v) is 9.85. The van der Waals surface area contributed by atoms with Crippen LogP contribution >= 0.6 is 11.8 Å². The van der Waals surface area contributed by atoms with Gasteiger partial charge in [0.1, 0.15) is 11.9 Å². The third kappa shape index (κ3) is 2.62. The smallest absolute Gasteiger partial charge is 0.192 e.